The Balaban J connectivity index is 1.68. The van der Waals surface area contributed by atoms with Crippen LogP contribution < -0.4 is 10.2 Å². The Morgan fingerprint density at radius 2 is 1.77 bits per heavy atom. The molecule has 0 radical (unpaired) electrons. The Kier molecular flexibility index (Phi) is 7.32. The fraction of sp³-hybridized carbons (Fsp3) is 0.708. The lowest BCUT2D eigenvalue weighted by Crippen LogP contribution is -2.58. The third-order valence-corrected chi connectivity index (χ3v) is 6.78. The van der Waals surface area contributed by atoms with Crippen LogP contribution in [-0.2, 0) is 15.7 Å². The number of anilines is 1. The molecule has 2 aliphatic rings. The van der Waals surface area contributed by atoms with Crippen molar-refractivity contribution in [1.29, 1.82) is 0 Å². The van der Waals surface area contributed by atoms with E-state index in [1.54, 1.807) is 44.4 Å². The first-order valence-electron chi connectivity index (χ1n) is 11.8. The number of alkyl halides is 3. The highest BCUT2D eigenvalue weighted by Gasteiger charge is 2.56. The van der Waals surface area contributed by atoms with Gasteiger partial charge in [-0.1, -0.05) is 0 Å². The number of carbonyl (C=O) groups is 2. The maximum atomic E-state index is 13.7. The van der Waals surface area contributed by atoms with Crippen LogP contribution in [0.1, 0.15) is 59.4 Å². The van der Waals surface area contributed by atoms with Crippen molar-refractivity contribution in [2.75, 3.05) is 31.1 Å². The average molecular weight is 501 g/mol. The van der Waals surface area contributed by atoms with Crippen LogP contribution in [0.15, 0.2) is 18.3 Å². The molecule has 8 nitrogen and oxygen atoms in total. The highest BCUT2D eigenvalue weighted by Crippen LogP contribution is 2.48. The summed E-state index contributed by atoms with van der Waals surface area (Å²) in [4.78, 5) is 33.4. The summed E-state index contributed by atoms with van der Waals surface area (Å²) in [6, 6.07) is 1.62. The van der Waals surface area contributed by atoms with E-state index in [0.29, 0.717) is 39.0 Å². The van der Waals surface area contributed by atoms with Gasteiger partial charge in [0, 0.05) is 38.4 Å². The second kappa shape index (κ2) is 9.48. The van der Waals surface area contributed by atoms with Crippen LogP contribution in [0.4, 0.5) is 23.8 Å². The van der Waals surface area contributed by atoms with Crippen LogP contribution in [-0.4, -0.2) is 70.4 Å². The Bertz CT molecular complexity index is 934. The van der Waals surface area contributed by atoms with E-state index in [9.17, 15) is 27.9 Å². The highest BCUT2D eigenvalue weighted by molar-refractivity contribution is 5.85. The number of nitrogens with zero attached hydrogens (tertiary/aromatic N) is 3. The fourth-order valence-corrected chi connectivity index (χ4v) is 4.86. The van der Waals surface area contributed by atoms with E-state index >= 15 is 0 Å². The number of hydrogen-bond donors (Lipinski definition) is 2. The first-order valence-corrected chi connectivity index (χ1v) is 11.8. The number of alkyl carbamates (subject to hydrolysis) is 1. The molecule has 11 heteroatoms. The first-order chi connectivity index (χ1) is 16.0. The summed E-state index contributed by atoms with van der Waals surface area (Å²) in [7, 11) is 0. The molecular formula is C24H35F3N4O4. The van der Waals surface area contributed by atoms with Crippen LogP contribution in [0.25, 0.3) is 0 Å². The van der Waals surface area contributed by atoms with Gasteiger partial charge >= 0.3 is 12.3 Å². The van der Waals surface area contributed by atoms with E-state index in [0.717, 1.165) is 18.3 Å². The van der Waals surface area contributed by atoms with Crippen molar-refractivity contribution >= 4 is 17.8 Å². The summed E-state index contributed by atoms with van der Waals surface area (Å²) in [5, 5.41) is 13.8. The largest absolute Gasteiger partial charge is 0.444 e. The number of hydrogen-bond acceptors (Lipinski definition) is 6. The molecule has 1 saturated heterocycles. The molecule has 1 aliphatic carbocycles. The smallest absolute Gasteiger partial charge is 0.416 e. The number of rotatable bonds is 4. The van der Waals surface area contributed by atoms with Gasteiger partial charge in [-0.25, -0.2) is 9.78 Å². The molecule has 0 bridgehead atoms. The molecule has 2 N–H and O–H groups in total. The summed E-state index contributed by atoms with van der Waals surface area (Å²) in [6.45, 7) is 9.72. The quantitative estimate of drug-likeness (QED) is 0.656. The maximum Gasteiger partial charge on any atom is 0.416 e. The molecule has 0 spiro atoms. The van der Waals surface area contributed by atoms with E-state index in [1.807, 2.05) is 0 Å². The summed E-state index contributed by atoms with van der Waals surface area (Å²) in [5.74, 6) is 0.00163. The van der Waals surface area contributed by atoms with Crippen LogP contribution in [0.2, 0.25) is 0 Å². The lowest BCUT2D eigenvalue weighted by Gasteiger charge is -2.45. The lowest BCUT2D eigenvalue weighted by atomic mass is 9.70. The number of piperazine rings is 1. The van der Waals surface area contributed by atoms with Crippen molar-refractivity contribution < 1.29 is 32.6 Å². The Morgan fingerprint density at radius 1 is 1.14 bits per heavy atom. The summed E-state index contributed by atoms with van der Waals surface area (Å²) < 4.78 is 44.5. The minimum Gasteiger partial charge on any atom is -0.444 e. The van der Waals surface area contributed by atoms with Crippen molar-refractivity contribution in [3.05, 3.63) is 23.9 Å². The van der Waals surface area contributed by atoms with Gasteiger partial charge in [0.05, 0.1) is 16.6 Å². The van der Waals surface area contributed by atoms with E-state index in [-0.39, 0.29) is 24.2 Å². The first kappa shape index (κ1) is 27.0. The normalized spacial score (nSPS) is 23.9. The molecule has 1 unspecified atom stereocenters. The van der Waals surface area contributed by atoms with Gasteiger partial charge in [0.1, 0.15) is 11.4 Å². The van der Waals surface area contributed by atoms with E-state index < -0.39 is 34.5 Å². The molecule has 2 heterocycles. The number of halogens is 3. The number of ether oxygens (including phenoxy) is 1. The molecule has 35 heavy (non-hydrogen) atoms. The minimum absolute atomic E-state index is 0.213. The Labute approximate surface area is 203 Å². The molecule has 1 aromatic rings. The molecule has 2 atom stereocenters. The predicted molar refractivity (Wildman–Crippen MR) is 124 cm³/mol. The molecule has 1 aromatic heterocycles. The van der Waals surface area contributed by atoms with Crippen LogP contribution >= 0.6 is 0 Å². The zero-order valence-electron chi connectivity index (χ0n) is 20.9. The van der Waals surface area contributed by atoms with Gasteiger partial charge in [-0.05, 0) is 66.0 Å². The molecule has 1 saturated carbocycles. The number of aliphatic hydroxyl groups is 1. The molecule has 2 fully saturated rings. The van der Waals surface area contributed by atoms with Gasteiger partial charge in [-0.2, -0.15) is 13.2 Å². The zero-order valence-corrected chi connectivity index (χ0v) is 20.9. The van der Waals surface area contributed by atoms with Gasteiger partial charge in [-0.15, -0.1) is 0 Å². The van der Waals surface area contributed by atoms with Gasteiger partial charge in [-0.3, -0.25) is 4.79 Å². The van der Waals surface area contributed by atoms with Crippen molar-refractivity contribution in [3.8, 4) is 0 Å². The van der Waals surface area contributed by atoms with Gasteiger partial charge < -0.3 is 25.0 Å². The maximum absolute atomic E-state index is 13.7. The minimum atomic E-state index is -4.46. The van der Waals surface area contributed by atoms with Crippen LogP contribution in [0.5, 0.6) is 0 Å². The molecule has 196 valence electrons. The highest BCUT2D eigenvalue weighted by atomic mass is 19.4. The third-order valence-electron chi connectivity index (χ3n) is 6.78. The third kappa shape index (κ3) is 6.17. The predicted octanol–water partition coefficient (Wildman–Crippen LogP) is 3.58. The van der Waals surface area contributed by atoms with E-state index in [2.05, 4.69) is 10.3 Å². The van der Waals surface area contributed by atoms with Gasteiger partial charge in [0.2, 0.25) is 5.91 Å². The molecule has 2 amide bonds. The zero-order chi connectivity index (χ0) is 26.2. The van der Waals surface area contributed by atoms with Crippen molar-refractivity contribution in [2.45, 2.75) is 77.3 Å². The SMILES string of the molecule is CC(C)(C)OC(=O)NC1CC[C@](C(=O)N2CCN(c3cc(C(F)(F)F)ccn3)CC2)(C(C)(C)O)C1. The number of amides is 2. The number of carbonyl (C=O) groups excluding carboxylic acids is 2. The van der Waals surface area contributed by atoms with Crippen molar-refractivity contribution in [3.63, 3.8) is 0 Å². The summed E-state index contributed by atoms with van der Waals surface area (Å²) in [6.07, 6.45) is -2.71. The van der Waals surface area contributed by atoms with Crippen molar-refractivity contribution in [1.82, 2.24) is 15.2 Å². The molecule has 3 rings (SSSR count). The summed E-state index contributed by atoms with van der Waals surface area (Å²) >= 11 is 0. The summed E-state index contributed by atoms with van der Waals surface area (Å²) in [5.41, 5.74) is -3.85. The van der Waals surface area contributed by atoms with Gasteiger partial charge in [0.25, 0.3) is 0 Å². The molecular weight excluding hydrogens is 465 g/mol. The number of nitrogens with one attached hydrogen (secondary N) is 1. The molecule has 0 aromatic carbocycles. The second-order valence-electron chi connectivity index (χ2n) is 10.9. The van der Waals surface area contributed by atoms with Crippen LogP contribution in [0, 0.1) is 5.41 Å². The lowest BCUT2D eigenvalue weighted by molar-refractivity contribution is -0.158. The second-order valence-corrected chi connectivity index (χ2v) is 10.9. The fourth-order valence-electron chi connectivity index (χ4n) is 4.86. The Morgan fingerprint density at radius 3 is 2.31 bits per heavy atom. The van der Waals surface area contributed by atoms with E-state index in [4.69, 9.17) is 4.74 Å². The standard InChI is InChI=1S/C24H35F3N4O4/c1-21(2,3)35-20(33)29-17-6-8-23(15-17,22(4,5)34)19(32)31-12-10-30(11-13-31)18-14-16(7-9-28-18)24(25,26)27/h7,9,14,17,34H,6,8,10-13,15H2,1-5H3,(H,29,33)/t17?,23-/m0/s1. The number of aromatic nitrogens is 1. The van der Waals surface area contributed by atoms with E-state index in [1.165, 1.54) is 0 Å². The monoisotopic (exact) mass is 500 g/mol. The Hall–Kier alpha value is -2.56. The van der Waals surface area contributed by atoms with Gasteiger partial charge in [0.15, 0.2) is 0 Å². The average Bonchev–Trinajstić information content (AvgIpc) is 3.16. The molecule has 1 aliphatic heterocycles. The topological polar surface area (TPSA) is 95.0 Å². The van der Waals surface area contributed by atoms with Crippen molar-refractivity contribution in [2.24, 2.45) is 5.41 Å². The number of pyridine rings is 1. The van der Waals surface area contributed by atoms with Crippen LogP contribution in [0.3, 0.4) is 0 Å².